The fourth-order valence-electron chi connectivity index (χ4n) is 12.9. The predicted octanol–water partition coefficient (Wildman–Crippen LogP) is 10.4. The third kappa shape index (κ3) is 16.2. The minimum atomic E-state index is -2.43. The van der Waals surface area contributed by atoms with Crippen LogP contribution in [-0.4, -0.2) is 135 Å². The molecule has 3 heterocycles. The predicted molar refractivity (Wildman–Crippen MR) is 295 cm³/mol. The maximum absolute atomic E-state index is 14.7. The maximum atomic E-state index is 14.7. The van der Waals surface area contributed by atoms with E-state index in [9.17, 15) is 34.2 Å². The monoisotopic (exact) mass is 1070 g/mol. The molecule has 0 unspecified atom stereocenters. The van der Waals surface area contributed by atoms with E-state index in [1.54, 1.807) is 41.1 Å². The lowest BCUT2D eigenvalue weighted by Gasteiger charge is -2.48. The third-order valence-electron chi connectivity index (χ3n) is 17.5. The van der Waals surface area contributed by atoms with Crippen molar-refractivity contribution in [3.8, 4) is 0 Å². The van der Waals surface area contributed by atoms with Crippen molar-refractivity contribution in [2.24, 2.45) is 35.5 Å². The molecule has 75 heavy (non-hydrogen) atoms. The molecule has 3 fully saturated rings. The van der Waals surface area contributed by atoms with Crippen molar-refractivity contribution in [3.05, 3.63) is 47.6 Å². The van der Waals surface area contributed by atoms with Crippen LogP contribution in [0.5, 0.6) is 0 Å². The van der Waals surface area contributed by atoms with Gasteiger partial charge in [0.25, 0.3) is 11.7 Å². The van der Waals surface area contributed by atoms with E-state index >= 15 is 0 Å². The number of esters is 1. The second-order valence-corrected chi connectivity index (χ2v) is 29.4. The van der Waals surface area contributed by atoms with Gasteiger partial charge in [-0.1, -0.05) is 113 Å². The number of cyclic esters (lactones) is 1. The van der Waals surface area contributed by atoms with Gasteiger partial charge in [0.15, 0.2) is 5.78 Å². The number of allylic oxidation sites excluding steroid dienone is 6. The van der Waals surface area contributed by atoms with Crippen molar-refractivity contribution in [3.63, 3.8) is 0 Å². The SMILES string of the molecule is CO[C@H]1C[C@@H]2CC[C@@H](C)[C@@](O)(O2)C(=O)C(=O)N2CCCC[C@H]2C(=O)O[C@H]([C@H](C)C[C@@H]2CC[C@@H](O[Si](C(C)C)(C(C)C)C(C)C)[C@H](OC)C2)CC(=O)[C@H](C)/C=C(\C)[C@@H](O)[C@@H](OC)C(=O)[C@H](C)C[C@H](C)/C=C/C=C/C=C/1C. The molecule has 0 aromatic carbocycles. The van der Waals surface area contributed by atoms with Gasteiger partial charge >= 0.3 is 5.97 Å². The summed E-state index contributed by atoms with van der Waals surface area (Å²) in [5.41, 5.74) is 2.54. The molecule has 0 spiro atoms. The van der Waals surface area contributed by atoms with Gasteiger partial charge < -0.3 is 43.2 Å². The van der Waals surface area contributed by atoms with Crippen molar-refractivity contribution in [2.75, 3.05) is 27.9 Å². The summed E-state index contributed by atoms with van der Waals surface area (Å²) >= 11 is 0. The fraction of sp³-hybridized carbons (Fsp3) is 0.783. The standard InChI is InChI=1S/C60H99NO13Si/c1-36(2)75(37(3)4,38(5)6)74-50-28-26-46(33-53(50)70-15)32-42(10)52-35-49(62)41(9)31-44(12)55(64)56(71-16)54(63)43(11)30-39(7)22-18-17-19-23-40(8)51(69-14)34-47-27-25-45(13)60(68,73-47)57(65)58(66)61-29-21-20-24-48(61)59(67)72-52/h17-19,22-23,31,36-39,41-43,45-48,50-53,55-56,64,68H,20-21,24-30,32-35H2,1-16H3/b19-17+,22-18+,40-23+,44-31+/t39-,41-,42-,43-,45-,46+,47+,48+,50-,51+,52+,53-,55-,56+,60-/m1/s1. The maximum Gasteiger partial charge on any atom is 0.329 e. The Kier molecular flexibility index (Phi) is 25.0. The highest BCUT2D eigenvalue weighted by Crippen LogP contribution is 2.46. The van der Waals surface area contributed by atoms with Crippen LogP contribution in [0.4, 0.5) is 0 Å². The van der Waals surface area contributed by atoms with Gasteiger partial charge in [-0.15, -0.1) is 0 Å². The first-order chi connectivity index (χ1) is 35.3. The molecule has 2 bridgehead atoms. The normalized spacial score (nSPS) is 37.1. The van der Waals surface area contributed by atoms with Crippen molar-refractivity contribution in [1.29, 1.82) is 0 Å². The summed E-state index contributed by atoms with van der Waals surface area (Å²) in [6.45, 7) is 26.7. The number of carbonyl (C=O) groups is 5. The lowest BCUT2D eigenvalue weighted by molar-refractivity contribution is -0.265. The van der Waals surface area contributed by atoms with Crippen LogP contribution in [0.15, 0.2) is 47.6 Å². The average Bonchev–Trinajstić information content (AvgIpc) is 3.36. The fourth-order valence-corrected chi connectivity index (χ4v) is 18.5. The topological polar surface area (TPSA) is 184 Å². The summed E-state index contributed by atoms with van der Waals surface area (Å²) in [5, 5.41) is 23.7. The highest BCUT2D eigenvalue weighted by atomic mass is 28.4. The van der Waals surface area contributed by atoms with Gasteiger partial charge in [0, 0.05) is 58.5 Å². The van der Waals surface area contributed by atoms with Crippen LogP contribution < -0.4 is 0 Å². The quantitative estimate of drug-likeness (QED) is 0.0863. The summed E-state index contributed by atoms with van der Waals surface area (Å²) in [7, 11) is 2.52. The van der Waals surface area contributed by atoms with E-state index in [-0.39, 0.29) is 60.9 Å². The van der Waals surface area contributed by atoms with Crippen LogP contribution in [-0.2, 0) is 52.1 Å². The number of ether oxygens (including phenoxy) is 5. The van der Waals surface area contributed by atoms with Crippen LogP contribution in [0.3, 0.4) is 0 Å². The molecule has 14 nitrogen and oxygen atoms in total. The summed E-state index contributed by atoms with van der Waals surface area (Å²) in [6, 6.07) is -1.13. The van der Waals surface area contributed by atoms with E-state index < -0.39 is 86.1 Å². The molecule has 1 aliphatic carbocycles. The van der Waals surface area contributed by atoms with Gasteiger partial charge in [-0.3, -0.25) is 19.2 Å². The highest BCUT2D eigenvalue weighted by Gasteiger charge is 2.53. The molecule has 4 rings (SSSR count). The lowest BCUT2D eigenvalue weighted by atomic mass is 9.78. The van der Waals surface area contributed by atoms with E-state index in [0.29, 0.717) is 67.1 Å². The Morgan fingerprint density at radius 3 is 2.05 bits per heavy atom. The Bertz CT molecular complexity index is 2010. The van der Waals surface area contributed by atoms with E-state index in [0.717, 1.165) is 24.8 Å². The van der Waals surface area contributed by atoms with Gasteiger partial charge in [-0.05, 0) is 124 Å². The molecule has 2 N–H and O–H groups in total. The zero-order valence-electron chi connectivity index (χ0n) is 48.8. The van der Waals surface area contributed by atoms with Crippen LogP contribution in [0, 0.1) is 35.5 Å². The van der Waals surface area contributed by atoms with Crippen LogP contribution in [0.1, 0.15) is 167 Å². The number of Topliss-reactive ketones (excluding diaryl/α,β-unsaturated/α-hetero) is 3. The number of fused-ring (bicyclic) bond motifs is 3. The van der Waals surface area contributed by atoms with Gasteiger partial charge in [0.2, 0.25) is 14.1 Å². The Morgan fingerprint density at radius 2 is 1.44 bits per heavy atom. The minimum absolute atomic E-state index is 0.0196. The first kappa shape index (κ1) is 64.4. The highest BCUT2D eigenvalue weighted by molar-refractivity contribution is 6.77. The number of piperidine rings is 1. The minimum Gasteiger partial charge on any atom is -0.460 e. The molecular formula is C60H99NO13Si. The summed E-state index contributed by atoms with van der Waals surface area (Å²) in [5.74, 6) is -7.78. The number of hydrogen-bond donors (Lipinski definition) is 2. The molecule has 426 valence electrons. The number of methoxy groups -OCH3 is 3. The molecule has 0 aromatic heterocycles. The molecule has 3 aliphatic heterocycles. The number of rotatable bonds is 11. The summed E-state index contributed by atoms with van der Waals surface area (Å²) in [4.78, 5) is 73.0. The number of ketones is 3. The Labute approximate surface area is 452 Å². The second-order valence-electron chi connectivity index (χ2n) is 24.0. The van der Waals surface area contributed by atoms with Gasteiger partial charge in [0.05, 0.1) is 24.4 Å². The average molecular weight is 1070 g/mol. The largest absolute Gasteiger partial charge is 0.460 e. The van der Waals surface area contributed by atoms with Crippen molar-refractivity contribution in [2.45, 2.75) is 238 Å². The Morgan fingerprint density at radius 1 is 0.773 bits per heavy atom. The molecular weight excluding hydrogens is 971 g/mol. The Hall–Kier alpha value is -3.15. The summed E-state index contributed by atoms with van der Waals surface area (Å²) in [6.07, 6.45) is 12.7. The lowest BCUT2D eigenvalue weighted by Crippen LogP contribution is -2.61. The number of carbonyl (C=O) groups excluding carboxylic acids is 5. The zero-order valence-corrected chi connectivity index (χ0v) is 49.8. The van der Waals surface area contributed by atoms with Gasteiger partial charge in [0.1, 0.15) is 30.1 Å². The van der Waals surface area contributed by atoms with E-state index in [4.69, 9.17) is 28.1 Å². The molecule has 2 saturated heterocycles. The first-order valence-corrected chi connectivity index (χ1v) is 30.6. The number of nitrogens with zero attached hydrogens (tertiary/aromatic N) is 1. The number of hydrogen-bond acceptors (Lipinski definition) is 13. The first-order valence-electron chi connectivity index (χ1n) is 28.4. The number of amides is 1. The van der Waals surface area contributed by atoms with E-state index in [1.807, 2.05) is 58.1 Å². The van der Waals surface area contributed by atoms with Crippen molar-refractivity contribution >= 4 is 37.5 Å². The third-order valence-corrected chi connectivity index (χ3v) is 23.6. The zero-order chi connectivity index (χ0) is 56.1. The molecule has 15 atom stereocenters. The van der Waals surface area contributed by atoms with Crippen LogP contribution in [0.2, 0.25) is 16.6 Å². The van der Waals surface area contributed by atoms with E-state index in [2.05, 4.69) is 41.5 Å². The van der Waals surface area contributed by atoms with Crippen molar-refractivity contribution < 1.29 is 62.3 Å². The molecule has 1 amide bonds. The molecule has 15 heteroatoms. The van der Waals surface area contributed by atoms with E-state index in [1.165, 1.54) is 12.0 Å². The number of aliphatic hydroxyl groups is 2. The molecule has 4 aliphatic rings. The number of aliphatic hydroxyl groups excluding tert-OH is 1. The Balaban J connectivity index is 1.71. The molecule has 1 saturated carbocycles. The van der Waals surface area contributed by atoms with Crippen LogP contribution >= 0.6 is 0 Å². The second kappa shape index (κ2) is 29.2. The smallest absolute Gasteiger partial charge is 0.329 e. The van der Waals surface area contributed by atoms with Crippen LogP contribution in [0.25, 0.3) is 0 Å². The van der Waals surface area contributed by atoms with Crippen molar-refractivity contribution in [1.82, 2.24) is 4.90 Å². The van der Waals surface area contributed by atoms with Gasteiger partial charge in [-0.25, -0.2) is 4.79 Å². The summed E-state index contributed by atoms with van der Waals surface area (Å²) < 4.78 is 37.6. The van der Waals surface area contributed by atoms with Gasteiger partial charge in [-0.2, -0.15) is 0 Å². The molecule has 0 radical (unpaired) electrons. The molecule has 0 aromatic rings.